The first-order chi connectivity index (χ1) is 13.2. The van der Waals surface area contributed by atoms with Crippen molar-refractivity contribution in [2.75, 3.05) is 28.8 Å². The third-order valence-corrected chi connectivity index (χ3v) is 6.49. The number of nitrogens with zero attached hydrogens (tertiary/aromatic N) is 4. The Morgan fingerprint density at radius 1 is 1.30 bits per heavy atom. The van der Waals surface area contributed by atoms with Crippen LogP contribution in [0.1, 0.15) is 6.42 Å². The maximum absolute atomic E-state index is 10.1. The molecule has 0 saturated carbocycles. The van der Waals surface area contributed by atoms with Crippen molar-refractivity contribution in [1.29, 1.82) is 0 Å². The number of aliphatic hydroxyl groups excluding tert-OH is 2. The van der Waals surface area contributed by atoms with E-state index in [0.29, 0.717) is 30.4 Å². The minimum absolute atomic E-state index is 0.226. The van der Waals surface area contributed by atoms with E-state index in [9.17, 15) is 10.2 Å². The third-order valence-electron chi connectivity index (χ3n) is 4.49. The van der Waals surface area contributed by atoms with E-state index in [1.807, 2.05) is 28.0 Å². The monoisotopic (exact) mass is 483 g/mol. The number of rotatable bonds is 3. The van der Waals surface area contributed by atoms with Gasteiger partial charge in [-0.2, -0.15) is 0 Å². The summed E-state index contributed by atoms with van der Waals surface area (Å²) in [7, 11) is 0. The summed E-state index contributed by atoms with van der Waals surface area (Å²) < 4.78 is 10.3. The first kappa shape index (κ1) is 18.3. The number of aliphatic hydroxyl groups is 2. The van der Waals surface area contributed by atoms with E-state index >= 15 is 0 Å². The number of fused-ring (bicyclic) bond motifs is 1. The van der Waals surface area contributed by atoms with Crippen LogP contribution in [-0.2, 0) is 4.74 Å². The average molecular weight is 481 g/mol. The second-order valence-electron chi connectivity index (χ2n) is 6.21. The van der Waals surface area contributed by atoms with E-state index < -0.39 is 39.4 Å². The molecule has 0 spiro atoms. The second-order valence-corrected chi connectivity index (χ2v) is 8.72. The molecule has 0 amide bonds. The molecule has 140 valence electrons. The van der Waals surface area contributed by atoms with Gasteiger partial charge in [-0.1, -0.05) is 0 Å². The van der Waals surface area contributed by atoms with Crippen molar-refractivity contribution in [3.63, 3.8) is 0 Å². The van der Waals surface area contributed by atoms with E-state index in [1.54, 1.807) is 0 Å². The van der Waals surface area contributed by atoms with Crippen LogP contribution in [0.25, 0.3) is 0 Å². The summed E-state index contributed by atoms with van der Waals surface area (Å²) in [6, 6.07) is 13.4. The molecule has 0 bridgehead atoms. The molecular formula is C18H19N5O3Te. The van der Waals surface area contributed by atoms with Gasteiger partial charge in [0, 0.05) is 0 Å². The molecule has 1 fully saturated rings. The van der Waals surface area contributed by atoms with E-state index in [4.69, 9.17) is 10.5 Å². The van der Waals surface area contributed by atoms with E-state index in [1.165, 1.54) is 9.94 Å². The maximum atomic E-state index is 10.1. The van der Waals surface area contributed by atoms with Crippen LogP contribution < -0.4 is 19.1 Å². The van der Waals surface area contributed by atoms with Crippen LogP contribution in [0, 0.1) is 10.0 Å². The van der Waals surface area contributed by atoms with E-state index in [0.717, 1.165) is 0 Å². The fourth-order valence-corrected chi connectivity index (χ4v) is 4.78. The molecular weight excluding hydrogens is 462 g/mol. The molecule has 9 heteroatoms. The van der Waals surface area contributed by atoms with Crippen LogP contribution >= 0.6 is 0 Å². The zero-order chi connectivity index (χ0) is 18.8. The Bertz CT molecular complexity index is 872. The first-order valence-electron chi connectivity index (χ1n) is 8.49. The molecule has 3 atom stereocenters. The summed E-state index contributed by atoms with van der Waals surface area (Å²) in [5, 5.41) is 19.4. The minimum atomic E-state index is -0.715. The van der Waals surface area contributed by atoms with Crippen LogP contribution in [0.2, 0.25) is 0 Å². The summed E-state index contributed by atoms with van der Waals surface area (Å²) >= 11 is -0.634. The topological polar surface area (TPSA) is 108 Å². The quantitative estimate of drug-likeness (QED) is 0.381. The van der Waals surface area contributed by atoms with Crippen molar-refractivity contribution in [1.82, 2.24) is 9.97 Å². The molecule has 0 aliphatic carbocycles. The first-order valence-corrected chi connectivity index (χ1v) is 10.8. The molecule has 4 N–H and O–H groups in total. The molecule has 1 aromatic carbocycles. The molecule has 4 rings (SSSR count). The van der Waals surface area contributed by atoms with Crippen molar-refractivity contribution in [2.45, 2.75) is 24.9 Å². The van der Waals surface area contributed by atoms with Gasteiger partial charge in [-0.15, -0.1) is 0 Å². The Morgan fingerprint density at radius 3 is 2.85 bits per heavy atom. The van der Waals surface area contributed by atoms with Crippen LogP contribution in [0.5, 0.6) is 0 Å². The Balaban J connectivity index is 1.57. The molecule has 2 aliphatic rings. The van der Waals surface area contributed by atoms with Crippen molar-refractivity contribution in [3.8, 4) is 10.0 Å². The SMILES string of the molecule is Nc1ncnc2c1N(C#C[Te]c1ccccc1)CN2[C@H]1CC(O)[C@@H](CO)O1. The van der Waals surface area contributed by atoms with E-state index in [-0.39, 0.29) is 6.61 Å². The third kappa shape index (κ3) is 3.68. The predicted octanol–water partition coefficient (Wildman–Crippen LogP) is -0.941. The molecule has 2 aliphatic heterocycles. The van der Waals surface area contributed by atoms with Gasteiger partial charge in [-0.3, -0.25) is 0 Å². The normalized spacial score (nSPS) is 23.9. The fraction of sp³-hybridized carbons (Fsp3) is 0.333. The summed E-state index contributed by atoms with van der Waals surface area (Å²) in [6.07, 6.45) is 0.0808. The number of benzene rings is 1. The summed E-state index contributed by atoms with van der Waals surface area (Å²) in [5.74, 6) is 0.988. The molecule has 0 radical (unpaired) electrons. The zero-order valence-corrected chi connectivity index (χ0v) is 16.7. The van der Waals surface area contributed by atoms with E-state index in [2.05, 4.69) is 32.1 Å². The van der Waals surface area contributed by atoms with Gasteiger partial charge in [-0.25, -0.2) is 0 Å². The number of aromatic nitrogens is 2. The Hall–Kier alpha value is -2.07. The standard InChI is InChI=1S/C18H19N5O3Te/c19-17-16-18(21-10-20-17)23(15-8-13(25)14(9-24)26-15)11-22(16)6-7-27-12-4-2-1-3-5-12/h1-5,10,13-15,24-25H,8-9,11H2,(H2,19,20,21)/t13?,14-,15-/m1/s1. The van der Waals surface area contributed by atoms with Gasteiger partial charge in [-0.05, 0) is 0 Å². The van der Waals surface area contributed by atoms with Gasteiger partial charge in [0.05, 0.1) is 0 Å². The van der Waals surface area contributed by atoms with Crippen molar-refractivity contribution >= 4 is 41.9 Å². The number of nitrogen functional groups attached to an aromatic ring is 1. The van der Waals surface area contributed by atoms with Crippen LogP contribution in [0.3, 0.4) is 0 Å². The Labute approximate surface area is 167 Å². The van der Waals surface area contributed by atoms with Crippen molar-refractivity contribution in [3.05, 3.63) is 36.7 Å². The summed E-state index contributed by atoms with van der Waals surface area (Å²) in [6.45, 7) is 0.193. The second kappa shape index (κ2) is 7.89. The molecule has 1 unspecified atom stereocenters. The molecule has 8 nitrogen and oxygen atoms in total. The van der Waals surface area contributed by atoms with Crippen molar-refractivity contribution < 1.29 is 14.9 Å². The summed E-state index contributed by atoms with van der Waals surface area (Å²) in [5.41, 5.74) is 6.74. The van der Waals surface area contributed by atoms with Crippen LogP contribution in [0.15, 0.2) is 36.7 Å². The van der Waals surface area contributed by atoms with Gasteiger partial charge in [0.2, 0.25) is 0 Å². The number of anilines is 3. The number of hydrogen-bond donors (Lipinski definition) is 3. The Morgan fingerprint density at radius 2 is 2.11 bits per heavy atom. The molecule has 1 aromatic heterocycles. The van der Waals surface area contributed by atoms with Gasteiger partial charge in [0.1, 0.15) is 0 Å². The van der Waals surface area contributed by atoms with Crippen LogP contribution in [-0.4, -0.2) is 72.8 Å². The van der Waals surface area contributed by atoms with Gasteiger partial charge >= 0.3 is 167 Å². The molecule has 2 aromatic rings. The molecule has 27 heavy (non-hydrogen) atoms. The number of hydrogen-bond acceptors (Lipinski definition) is 8. The number of nitrogens with two attached hydrogens (primary N) is 1. The molecule has 1 saturated heterocycles. The van der Waals surface area contributed by atoms with Crippen LogP contribution in [0.4, 0.5) is 17.3 Å². The average Bonchev–Trinajstić information content (AvgIpc) is 3.24. The Kier molecular flexibility index (Phi) is 5.35. The fourth-order valence-electron chi connectivity index (χ4n) is 3.16. The van der Waals surface area contributed by atoms with Gasteiger partial charge in [0.25, 0.3) is 0 Å². The van der Waals surface area contributed by atoms with Gasteiger partial charge < -0.3 is 0 Å². The predicted molar refractivity (Wildman–Crippen MR) is 102 cm³/mol. The zero-order valence-electron chi connectivity index (χ0n) is 14.4. The van der Waals surface area contributed by atoms with Crippen molar-refractivity contribution in [2.24, 2.45) is 0 Å². The van der Waals surface area contributed by atoms with Gasteiger partial charge in [0.15, 0.2) is 0 Å². The summed E-state index contributed by atoms with van der Waals surface area (Å²) in [4.78, 5) is 12.2. The number of ether oxygens (including phenoxy) is 1. The molecule has 3 heterocycles.